The number of carbonyl (C=O) groups excluding carboxylic acids is 1. The van der Waals surface area contributed by atoms with Crippen LogP contribution in [0.4, 0.5) is 0 Å². The maximum Gasteiger partial charge on any atom is 0.337 e. The van der Waals surface area contributed by atoms with Crippen LogP contribution in [-0.4, -0.2) is 73.5 Å². The van der Waals surface area contributed by atoms with Crippen molar-refractivity contribution in [1.82, 2.24) is 0 Å². The van der Waals surface area contributed by atoms with Crippen molar-refractivity contribution < 1.29 is 34.3 Å². The molecule has 0 radical (unpaired) electrons. The molecule has 0 aliphatic carbocycles. The Kier molecular flexibility index (Phi) is 11.7. The van der Waals surface area contributed by atoms with Gasteiger partial charge in [-0.15, -0.1) is 0 Å². The van der Waals surface area contributed by atoms with E-state index in [1.807, 2.05) is 30.3 Å². The van der Waals surface area contributed by atoms with Gasteiger partial charge >= 0.3 is 5.97 Å². The van der Waals surface area contributed by atoms with Gasteiger partial charge in [-0.25, -0.2) is 4.79 Å². The predicted molar refractivity (Wildman–Crippen MR) is 170 cm³/mol. The summed E-state index contributed by atoms with van der Waals surface area (Å²) in [5, 5.41) is 35.5. The molecule has 1 saturated heterocycles. The minimum absolute atomic E-state index is 0.0117. The Morgan fingerprint density at radius 3 is 1.54 bits per heavy atom. The van der Waals surface area contributed by atoms with Gasteiger partial charge in [0.15, 0.2) is 12.4 Å². The topological polar surface area (TPSA) is 105 Å². The largest absolute Gasteiger partial charge is 0.467 e. The predicted octanol–water partition coefficient (Wildman–Crippen LogP) is 6.36. The van der Waals surface area contributed by atoms with E-state index in [1.165, 1.54) is 7.11 Å². The van der Waals surface area contributed by atoms with Crippen molar-refractivity contribution in [3.05, 3.63) is 35.9 Å². The van der Waals surface area contributed by atoms with Gasteiger partial charge in [0, 0.05) is 0 Å². The van der Waals surface area contributed by atoms with E-state index in [9.17, 15) is 20.1 Å². The standard InChI is InChI=1S/C32H58O7Si2/c1-20(2)40(21(3)4,22(5)6)31(35)28(27(33)29(34)37-13)39-30(38-19-26-17-15-14-16-18-26)32(31,36)41(23(7)8,24(9)10)25(11)12/h14-18,20-25,27-28,30,33,35-36H,19H2,1-13H3/t27-,28+,30-,31-,32-/m0/s1. The lowest BCUT2D eigenvalue weighted by Crippen LogP contribution is -2.86. The zero-order chi connectivity index (χ0) is 31.7. The average molecular weight is 611 g/mol. The Hall–Kier alpha value is -1.08. The van der Waals surface area contributed by atoms with E-state index in [1.54, 1.807) is 0 Å². The number of aliphatic hydroxyl groups is 3. The molecule has 1 heterocycles. The number of aliphatic hydroxyl groups excluding tert-OH is 1. The molecule has 0 saturated carbocycles. The summed E-state index contributed by atoms with van der Waals surface area (Å²) in [5.41, 5.74) is 0.848. The Morgan fingerprint density at radius 2 is 1.17 bits per heavy atom. The van der Waals surface area contributed by atoms with Gasteiger partial charge in [0.2, 0.25) is 0 Å². The van der Waals surface area contributed by atoms with Gasteiger partial charge in [-0.3, -0.25) is 0 Å². The number of carbonyl (C=O) groups is 1. The number of hydrogen-bond acceptors (Lipinski definition) is 7. The Bertz CT molecular complexity index is 953. The fraction of sp³-hybridized carbons (Fsp3) is 0.781. The van der Waals surface area contributed by atoms with Gasteiger partial charge in [-0.1, -0.05) is 113 Å². The van der Waals surface area contributed by atoms with E-state index in [-0.39, 0.29) is 39.9 Å². The van der Waals surface area contributed by atoms with Gasteiger partial charge < -0.3 is 29.5 Å². The van der Waals surface area contributed by atoms with E-state index >= 15 is 0 Å². The molecule has 1 aromatic carbocycles. The molecule has 41 heavy (non-hydrogen) atoms. The molecule has 236 valence electrons. The van der Waals surface area contributed by atoms with Crippen molar-refractivity contribution in [1.29, 1.82) is 0 Å². The first-order chi connectivity index (χ1) is 18.9. The normalized spacial score (nSPS) is 26.7. The summed E-state index contributed by atoms with van der Waals surface area (Å²) in [6.45, 7) is 25.6. The van der Waals surface area contributed by atoms with Crippen LogP contribution in [0.2, 0.25) is 33.2 Å². The lowest BCUT2D eigenvalue weighted by molar-refractivity contribution is -0.201. The molecule has 7 nitrogen and oxygen atoms in total. The molecule has 1 aliphatic rings. The number of benzene rings is 1. The van der Waals surface area contributed by atoms with Crippen LogP contribution >= 0.6 is 0 Å². The van der Waals surface area contributed by atoms with Crippen molar-refractivity contribution >= 4 is 22.1 Å². The monoisotopic (exact) mass is 610 g/mol. The fourth-order valence-electron chi connectivity index (χ4n) is 9.93. The first kappa shape index (κ1) is 36.1. The lowest BCUT2D eigenvalue weighted by atomic mass is 10.0. The van der Waals surface area contributed by atoms with Crippen LogP contribution in [0.5, 0.6) is 0 Å². The number of methoxy groups -OCH3 is 1. The highest BCUT2D eigenvalue weighted by atomic mass is 28.3. The third-order valence-corrected chi connectivity index (χ3v) is 26.3. The Morgan fingerprint density at radius 1 is 0.780 bits per heavy atom. The second-order valence-electron chi connectivity index (χ2n) is 14.0. The fourth-order valence-corrected chi connectivity index (χ4v) is 27.4. The molecule has 0 aromatic heterocycles. The Labute approximate surface area is 251 Å². The van der Waals surface area contributed by atoms with Crippen LogP contribution in [0, 0.1) is 0 Å². The SMILES string of the molecule is COC(=O)[C@@H](O)[C@H]1O[C@H](OCc2ccccc2)[C@](O)([Si](C(C)C)(C(C)C)C(C)C)[C@@]1(O)[Si](C(C)C)(C(C)C)C(C)C. The molecule has 1 aromatic rings. The van der Waals surface area contributed by atoms with E-state index < -0.39 is 51.1 Å². The Balaban J connectivity index is 3.15. The highest BCUT2D eigenvalue weighted by molar-refractivity contribution is 6.92. The van der Waals surface area contributed by atoms with Crippen molar-refractivity contribution in [2.45, 2.75) is 152 Å². The lowest BCUT2D eigenvalue weighted by Gasteiger charge is -2.65. The smallest absolute Gasteiger partial charge is 0.337 e. The minimum Gasteiger partial charge on any atom is -0.467 e. The van der Waals surface area contributed by atoms with Crippen LogP contribution in [0.3, 0.4) is 0 Å². The van der Waals surface area contributed by atoms with Crippen molar-refractivity contribution in [2.24, 2.45) is 0 Å². The summed E-state index contributed by atoms with van der Waals surface area (Å²) < 4.78 is 18.2. The van der Waals surface area contributed by atoms with E-state index in [0.717, 1.165) is 5.56 Å². The van der Waals surface area contributed by atoms with Crippen LogP contribution in [-0.2, 0) is 25.6 Å². The summed E-state index contributed by atoms with van der Waals surface area (Å²) in [4.78, 5) is 13.0. The summed E-state index contributed by atoms with van der Waals surface area (Å²) in [7, 11) is -5.07. The maximum absolute atomic E-state index is 13.9. The highest BCUT2D eigenvalue weighted by Crippen LogP contribution is 2.65. The summed E-state index contributed by atoms with van der Waals surface area (Å²) in [6, 6.07) is 9.65. The highest BCUT2D eigenvalue weighted by Gasteiger charge is 2.84. The molecule has 0 unspecified atom stereocenters. The molecule has 2 rings (SSSR count). The van der Waals surface area contributed by atoms with Crippen LogP contribution < -0.4 is 0 Å². The van der Waals surface area contributed by atoms with Gasteiger partial charge in [0.05, 0.1) is 13.7 Å². The van der Waals surface area contributed by atoms with Gasteiger partial charge in [-0.2, -0.15) is 0 Å². The number of ether oxygens (including phenoxy) is 3. The molecular formula is C32H58O7Si2. The third-order valence-electron chi connectivity index (χ3n) is 10.6. The summed E-state index contributed by atoms with van der Waals surface area (Å²) in [6.07, 6.45) is -4.50. The molecule has 0 spiro atoms. The van der Waals surface area contributed by atoms with Crippen LogP contribution in [0.15, 0.2) is 30.3 Å². The van der Waals surface area contributed by atoms with Crippen molar-refractivity contribution in [3.8, 4) is 0 Å². The average Bonchev–Trinajstić information content (AvgIpc) is 3.09. The number of rotatable bonds is 13. The molecule has 0 amide bonds. The molecule has 1 aliphatic heterocycles. The minimum atomic E-state index is -3.17. The molecule has 1 fully saturated rings. The zero-order valence-electron chi connectivity index (χ0n) is 27.8. The molecule has 9 heteroatoms. The van der Waals surface area contributed by atoms with E-state index in [4.69, 9.17) is 14.2 Å². The van der Waals surface area contributed by atoms with E-state index in [0.29, 0.717) is 0 Å². The number of hydrogen-bond donors (Lipinski definition) is 3. The second-order valence-corrected chi connectivity index (χ2v) is 26.2. The first-order valence-electron chi connectivity index (χ1n) is 15.4. The maximum atomic E-state index is 13.9. The van der Waals surface area contributed by atoms with Crippen molar-refractivity contribution in [2.75, 3.05) is 7.11 Å². The van der Waals surface area contributed by atoms with E-state index in [2.05, 4.69) is 83.1 Å². The van der Waals surface area contributed by atoms with Crippen molar-refractivity contribution in [3.63, 3.8) is 0 Å². The molecular weight excluding hydrogens is 553 g/mol. The summed E-state index contributed by atoms with van der Waals surface area (Å²) >= 11 is 0. The van der Waals surface area contributed by atoms with Crippen LogP contribution in [0.1, 0.15) is 88.6 Å². The third kappa shape index (κ3) is 5.21. The van der Waals surface area contributed by atoms with Gasteiger partial charge in [0.1, 0.15) is 32.7 Å². The zero-order valence-corrected chi connectivity index (χ0v) is 29.8. The summed E-state index contributed by atoms with van der Waals surface area (Å²) in [5.74, 6) is -0.899. The van der Waals surface area contributed by atoms with Crippen LogP contribution in [0.25, 0.3) is 0 Å². The number of esters is 1. The quantitative estimate of drug-likeness (QED) is 0.176. The first-order valence-corrected chi connectivity index (χ1v) is 19.9. The second kappa shape index (κ2) is 13.3. The molecule has 0 bridgehead atoms. The van der Waals surface area contributed by atoms with Gasteiger partial charge in [0.25, 0.3) is 0 Å². The van der Waals surface area contributed by atoms with Gasteiger partial charge in [-0.05, 0) is 38.8 Å². The molecule has 3 N–H and O–H groups in total. The molecule has 5 atom stereocenters.